The molecular weight excluding hydrogens is 658 g/mol. The van der Waals surface area contributed by atoms with E-state index in [9.17, 15) is 18.7 Å². The molecule has 0 radical (unpaired) electrons. The van der Waals surface area contributed by atoms with Crippen molar-refractivity contribution < 1.29 is 23.4 Å². The number of halogens is 2. The van der Waals surface area contributed by atoms with Crippen LogP contribution in [0.25, 0.3) is 5.69 Å². The third-order valence-corrected chi connectivity index (χ3v) is 9.96. The number of piperazine rings is 1. The first-order valence-corrected chi connectivity index (χ1v) is 17.3. The first-order chi connectivity index (χ1) is 24.7. The fourth-order valence-corrected chi connectivity index (χ4v) is 7.24. The Morgan fingerprint density at radius 2 is 1.61 bits per heavy atom. The summed E-state index contributed by atoms with van der Waals surface area (Å²) in [7, 11) is 0. The van der Waals surface area contributed by atoms with E-state index in [0.29, 0.717) is 31.6 Å². The molecular formula is C37H42F2N8O4. The summed E-state index contributed by atoms with van der Waals surface area (Å²) in [6.45, 7) is 7.97. The third-order valence-electron chi connectivity index (χ3n) is 9.96. The maximum Gasteiger partial charge on any atom is 0.350 e. The zero-order valence-electron chi connectivity index (χ0n) is 28.7. The minimum Gasteiger partial charge on any atom is -0.493 e. The molecule has 4 atom stereocenters. The third kappa shape index (κ3) is 7.24. The second kappa shape index (κ2) is 14.6. The van der Waals surface area contributed by atoms with Crippen LogP contribution in [0.5, 0.6) is 5.75 Å². The normalized spacial score (nSPS) is 20.5. The fourth-order valence-electron chi connectivity index (χ4n) is 7.24. The molecule has 2 saturated heterocycles. The van der Waals surface area contributed by atoms with E-state index in [0.717, 1.165) is 55.1 Å². The monoisotopic (exact) mass is 700 g/mol. The fraction of sp³-hybridized carbons (Fsp3) is 0.405. The van der Waals surface area contributed by atoms with Gasteiger partial charge in [-0.1, -0.05) is 13.0 Å². The van der Waals surface area contributed by atoms with Crippen LogP contribution < -0.4 is 20.2 Å². The minimum atomic E-state index is -1.02. The van der Waals surface area contributed by atoms with Crippen LogP contribution in [0.1, 0.15) is 38.3 Å². The average Bonchev–Trinajstić information content (AvgIpc) is 3.90. The van der Waals surface area contributed by atoms with Crippen molar-refractivity contribution in [3.05, 3.63) is 113 Å². The lowest BCUT2D eigenvalue weighted by Crippen LogP contribution is -2.46. The van der Waals surface area contributed by atoms with Gasteiger partial charge in [0.05, 0.1) is 37.6 Å². The van der Waals surface area contributed by atoms with E-state index in [2.05, 4.69) is 37.1 Å². The van der Waals surface area contributed by atoms with Gasteiger partial charge in [0.15, 0.2) is 0 Å². The van der Waals surface area contributed by atoms with E-state index in [4.69, 9.17) is 9.47 Å². The number of aliphatic hydroxyl groups is 1. The highest BCUT2D eigenvalue weighted by atomic mass is 19.1. The number of benzene rings is 3. The summed E-state index contributed by atoms with van der Waals surface area (Å²) >= 11 is 0. The Bertz CT molecular complexity index is 1960. The van der Waals surface area contributed by atoms with Gasteiger partial charge in [-0.15, -0.1) is 0 Å². The van der Waals surface area contributed by atoms with Crippen molar-refractivity contribution in [3.63, 3.8) is 0 Å². The van der Waals surface area contributed by atoms with Gasteiger partial charge in [0.25, 0.3) is 0 Å². The van der Waals surface area contributed by atoms with E-state index in [-0.39, 0.29) is 24.2 Å². The number of rotatable bonds is 12. The van der Waals surface area contributed by atoms with Crippen molar-refractivity contribution in [3.8, 4) is 11.4 Å². The molecule has 268 valence electrons. The van der Waals surface area contributed by atoms with Crippen molar-refractivity contribution in [1.29, 1.82) is 0 Å². The molecule has 7 rings (SSSR count). The highest BCUT2D eigenvalue weighted by Crippen LogP contribution is 2.42. The summed E-state index contributed by atoms with van der Waals surface area (Å²) in [5, 5.41) is 18.5. The molecule has 2 fully saturated rings. The van der Waals surface area contributed by atoms with Gasteiger partial charge in [0, 0.05) is 55.1 Å². The van der Waals surface area contributed by atoms with E-state index in [1.165, 1.54) is 34.0 Å². The number of hydrogen-bond acceptors (Lipinski definition) is 9. The zero-order valence-corrected chi connectivity index (χ0v) is 28.7. The summed E-state index contributed by atoms with van der Waals surface area (Å²) in [5.41, 5.74) is 1.93. The molecule has 2 aliphatic heterocycles. The van der Waals surface area contributed by atoms with Gasteiger partial charge in [-0.3, -0.25) is 0 Å². The van der Waals surface area contributed by atoms with Crippen molar-refractivity contribution in [2.45, 2.75) is 51.0 Å². The number of aromatic nitrogens is 6. The van der Waals surface area contributed by atoms with Crippen molar-refractivity contribution in [1.82, 2.24) is 29.1 Å². The quantitative estimate of drug-likeness (QED) is 0.200. The van der Waals surface area contributed by atoms with Gasteiger partial charge >= 0.3 is 5.69 Å². The zero-order chi connectivity index (χ0) is 35.5. The van der Waals surface area contributed by atoms with Gasteiger partial charge in [0.1, 0.15) is 42.0 Å². The van der Waals surface area contributed by atoms with E-state index in [1.807, 2.05) is 43.3 Å². The van der Waals surface area contributed by atoms with Crippen LogP contribution in [0.4, 0.5) is 20.2 Å². The molecule has 5 aromatic rings. The van der Waals surface area contributed by atoms with Crippen LogP contribution >= 0.6 is 0 Å². The molecule has 2 aromatic heterocycles. The van der Waals surface area contributed by atoms with Crippen LogP contribution in [0.15, 0.2) is 90.5 Å². The van der Waals surface area contributed by atoms with Crippen LogP contribution in [-0.2, 0) is 16.9 Å². The minimum absolute atomic E-state index is 0.0121. The first kappa shape index (κ1) is 34.4. The molecule has 1 unspecified atom stereocenters. The molecule has 0 amide bonds. The maximum atomic E-state index is 15.0. The smallest absolute Gasteiger partial charge is 0.350 e. The Kier molecular flexibility index (Phi) is 9.87. The average molecular weight is 701 g/mol. The van der Waals surface area contributed by atoms with E-state index in [1.54, 1.807) is 17.9 Å². The summed E-state index contributed by atoms with van der Waals surface area (Å²) < 4.78 is 45.6. The molecule has 0 aliphatic carbocycles. The second-order valence-electron chi connectivity index (χ2n) is 13.3. The SMILES string of the molecule is CC[C@H](C(C)O)n1ncn(-c2ccc(N3CCN(c4ccc(OC[C@H]5CO[C@@](Cn6cncn6)(c6ccc(F)cc6F)C5)cc4)CC3)cc2)c1=O. The lowest BCUT2D eigenvalue weighted by Gasteiger charge is -2.37. The molecule has 12 nitrogen and oxygen atoms in total. The van der Waals surface area contributed by atoms with E-state index < -0.39 is 23.3 Å². The maximum absolute atomic E-state index is 15.0. The molecule has 14 heteroatoms. The van der Waals surface area contributed by atoms with Crippen LogP contribution in [0, 0.1) is 17.6 Å². The van der Waals surface area contributed by atoms with Crippen molar-refractivity contribution >= 4 is 11.4 Å². The molecule has 0 bridgehead atoms. The molecule has 1 N–H and O–H groups in total. The van der Waals surface area contributed by atoms with Crippen molar-refractivity contribution in [2.75, 3.05) is 49.2 Å². The van der Waals surface area contributed by atoms with Gasteiger partial charge in [0.2, 0.25) is 0 Å². The number of ether oxygens (including phenoxy) is 2. The Morgan fingerprint density at radius 3 is 2.22 bits per heavy atom. The number of nitrogens with zero attached hydrogens (tertiary/aromatic N) is 8. The van der Waals surface area contributed by atoms with Gasteiger partial charge in [-0.2, -0.15) is 10.2 Å². The number of hydrogen-bond donors (Lipinski definition) is 1. The van der Waals surface area contributed by atoms with Gasteiger partial charge in [-0.25, -0.2) is 32.5 Å². The van der Waals surface area contributed by atoms with Crippen LogP contribution in [-0.4, -0.2) is 79.7 Å². The Labute approximate surface area is 294 Å². The van der Waals surface area contributed by atoms with Gasteiger partial charge in [-0.05, 0) is 74.4 Å². The number of anilines is 2. The highest BCUT2D eigenvalue weighted by molar-refractivity contribution is 5.54. The summed E-state index contributed by atoms with van der Waals surface area (Å²) in [5.74, 6) is -0.563. The highest BCUT2D eigenvalue weighted by Gasteiger charge is 2.44. The summed E-state index contributed by atoms with van der Waals surface area (Å²) in [6, 6.07) is 19.2. The predicted octanol–water partition coefficient (Wildman–Crippen LogP) is 4.57. The van der Waals surface area contributed by atoms with Crippen LogP contribution in [0.3, 0.4) is 0 Å². The second-order valence-corrected chi connectivity index (χ2v) is 13.3. The lowest BCUT2D eigenvalue weighted by atomic mass is 9.87. The molecule has 0 spiro atoms. The Morgan fingerprint density at radius 1 is 0.941 bits per heavy atom. The molecule has 4 heterocycles. The van der Waals surface area contributed by atoms with Crippen molar-refractivity contribution in [2.24, 2.45) is 5.92 Å². The molecule has 0 saturated carbocycles. The molecule has 51 heavy (non-hydrogen) atoms. The summed E-state index contributed by atoms with van der Waals surface area (Å²) in [4.78, 5) is 21.7. The summed E-state index contributed by atoms with van der Waals surface area (Å²) in [6.07, 6.45) is 4.88. The Balaban J connectivity index is 0.923. The standard InChI is InChI=1S/C37H42F2N8O4/c1-3-35(26(2)48)47-36(49)46(25-42-47)31-7-5-29(6-8-31)43-14-16-44(17-15-43)30-9-11-32(12-10-30)50-20-27-19-37(51-21-27,22-45-24-40-23-41-45)33-13-4-28(38)18-34(33)39/h4-13,18,23-27,35,48H,3,14-17,19-22H2,1-2H3/t26?,27-,35+,37-/m0/s1. The predicted molar refractivity (Wildman–Crippen MR) is 187 cm³/mol. The Hall–Kier alpha value is -5.08. The lowest BCUT2D eigenvalue weighted by molar-refractivity contribution is -0.0206. The number of aliphatic hydroxyl groups excluding tert-OH is 1. The molecule has 3 aromatic carbocycles. The largest absolute Gasteiger partial charge is 0.493 e. The molecule has 2 aliphatic rings. The van der Waals surface area contributed by atoms with Gasteiger partial charge < -0.3 is 24.4 Å². The topological polar surface area (TPSA) is 116 Å². The van der Waals surface area contributed by atoms with Crippen LogP contribution in [0.2, 0.25) is 0 Å². The van der Waals surface area contributed by atoms with E-state index >= 15 is 0 Å². The first-order valence-electron chi connectivity index (χ1n) is 17.3.